The van der Waals surface area contributed by atoms with Crippen LogP contribution >= 0.6 is 23.5 Å². The van der Waals surface area contributed by atoms with Crippen molar-refractivity contribution in [2.24, 2.45) is 11.8 Å². The molecule has 1 aliphatic carbocycles. The molecule has 3 atom stereocenters. The maximum Gasteiger partial charge on any atom is 0.310 e. The first-order valence-corrected chi connectivity index (χ1v) is 13.9. The van der Waals surface area contributed by atoms with Gasteiger partial charge in [0.25, 0.3) is 0 Å². The molecule has 2 aliphatic heterocycles. The highest BCUT2D eigenvalue weighted by Crippen LogP contribution is 2.66. The maximum absolute atomic E-state index is 13.5. The Balaban J connectivity index is 1.68. The number of hydrogen-bond acceptors (Lipinski definition) is 7. The van der Waals surface area contributed by atoms with Gasteiger partial charge in [0.1, 0.15) is 0 Å². The van der Waals surface area contributed by atoms with Crippen LogP contribution in [-0.4, -0.2) is 45.4 Å². The Morgan fingerprint density at radius 2 is 1.66 bits per heavy atom. The van der Waals surface area contributed by atoms with Crippen LogP contribution in [0.1, 0.15) is 29.0 Å². The number of thioether (sulfide) groups is 2. The Hall–Kier alpha value is -2.51. The molecule has 0 radical (unpaired) electrons. The molecule has 3 aromatic rings. The van der Waals surface area contributed by atoms with Crippen LogP contribution in [0, 0.1) is 11.8 Å². The van der Waals surface area contributed by atoms with Crippen LogP contribution in [0.4, 0.5) is 0 Å². The van der Waals surface area contributed by atoms with Gasteiger partial charge < -0.3 is 18.9 Å². The van der Waals surface area contributed by atoms with Crippen molar-refractivity contribution < 1.29 is 23.7 Å². The number of carbonyl (C=O) groups excluding carboxylic acids is 1. The van der Waals surface area contributed by atoms with Crippen molar-refractivity contribution >= 4 is 40.3 Å². The maximum atomic E-state index is 13.5. The lowest BCUT2D eigenvalue weighted by Gasteiger charge is -2.49. The van der Waals surface area contributed by atoms with E-state index in [9.17, 15) is 4.79 Å². The second-order valence-electron chi connectivity index (χ2n) is 9.16. The highest BCUT2D eigenvalue weighted by Gasteiger charge is 2.60. The monoisotopic (exact) mass is 508 g/mol. The van der Waals surface area contributed by atoms with Crippen molar-refractivity contribution in [2.75, 3.05) is 39.4 Å². The van der Waals surface area contributed by atoms with Crippen molar-refractivity contribution in [3.05, 3.63) is 65.2 Å². The average Bonchev–Trinajstić information content (AvgIpc) is 3.30. The fraction of sp³-hybridized carbons (Fsp3) is 0.393. The number of esters is 1. The van der Waals surface area contributed by atoms with E-state index in [0.717, 1.165) is 17.1 Å². The minimum atomic E-state index is -0.283. The van der Waals surface area contributed by atoms with Gasteiger partial charge in [-0.05, 0) is 57.5 Å². The van der Waals surface area contributed by atoms with E-state index in [0.29, 0.717) is 23.9 Å². The highest BCUT2D eigenvalue weighted by atomic mass is 32.2. The van der Waals surface area contributed by atoms with Gasteiger partial charge in [0.15, 0.2) is 11.5 Å². The lowest BCUT2D eigenvalue weighted by atomic mass is 9.66. The van der Waals surface area contributed by atoms with E-state index in [1.165, 1.54) is 28.3 Å². The second-order valence-corrected chi connectivity index (χ2v) is 12.1. The van der Waals surface area contributed by atoms with Crippen LogP contribution in [0.5, 0.6) is 17.2 Å². The van der Waals surface area contributed by atoms with Crippen LogP contribution in [0.25, 0.3) is 10.8 Å². The summed E-state index contributed by atoms with van der Waals surface area (Å²) in [4.78, 5) is 13.5. The zero-order valence-corrected chi connectivity index (χ0v) is 21.7. The Morgan fingerprint density at radius 1 is 0.943 bits per heavy atom. The molecule has 3 aliphatic rings. The third-order valence-corrected chi connectivity index (χ3v) is 11.2. The van der Waals surface area contributed by atoms with E-state index in [4.69, 9.17) is 18.9 Å². The minimum absolute atomic E-state index is 0.0862. The summed E-state index contributed by atoms with van der Waals surface area (Å²) in [7, 11) is 4.86. The van der Waals surface area contributed by atoms with Crippen molar-refractivity contribution in [3.8, 4) is 17.2 Å². The van der Waals surface area contributed by atoms with Gasteiger partial charge >= 0.3 is 5.97 Å². The summed E-state index contributed by atoms with van der Waals surface area (Å²) >= 11 is 3.99. The topological polar surface area (TPSA) is 54.0 Å². The predicted molar refractivity (Wildman–Crippen MR) is 141 cm³/mol. The van der Waals surface area contributed by atoms with Crippen LogP contribution < -0.4 is 14.2 Å². The van der Waals surface area contributed by atoms with E-state index >= 15 is 0 Å². The molecule has 182 valence electrons. The summed E-state index contributed by atoms with van der Waals surface area (Å²) < 4.78 is 22.6. The quantitative estimate of drug-likeness (QED) is 0.412. The lowest BCUT2D eigenvalue weighted by Crippen LogP contribution is -2.44. The standard InChI is InChI=1S/C28H28O5S2/c1-30-21-13-17(14-22(31-2)26(21)32-3)23-24-18-8-5-4-7-16(18)9-10-19(24)28(34-11-6-12-35-28)20-15-33-27(29)25(20)23/h4-5,7-10,13-14,20,23,25H,6,11-12,15H2,1-3H3/t20-,23-,25-/m1/s1. The van der Waals surface area contributed by atoms with Crippen LogP contribution in [0.2, 0.25) is 0 Å². The number of cyclic esters (lactones) is 1. The van der Waals surface area contributed by atoms with Crippen molar-refractivity contribution in [1.82, 2.24) is 0 Å². The first-order chi connectivity index (χ1) is 17.1. The minimum Gasteiger partial charge on any atom is -0.493 e. The summed E-state index contributed by atoms with van der Waals surface area (Å²) in [6.07, 6.45) is 1.18. The van der Waals surface area contributed by atoms with Gasteiger partial charge in [-0.3, -0.25) is 4.79 Å². The highest BCUT2D eigenvalue weighted by molar-refractivity contribution is 8.18. The Bertz CT molecular complexity index is 1270. The number of fused-ring (bicyclic) bond motifs is 6. The van der Waals surface area contributed by atoms with Crippen molar-refractivity contribution in [3.63, 3.8) is 0 Å². The number of hydrogen-bond donors (Lipinski definition) is 0. The summed E-state index contributed by atoms with van der Waals surface area (Å²) in [5, 5.41) is 2.36. The summed E-state index contributed by atoms with van der Waals surface area (Å²) in [5.41, 5.74) is 3.52. The molecule has 0 N–H and O–H groups in total. The van der Waals surface area contributed by atoms with E-state index < -0.39 is 0 Å². The second kappa shape index (κ2) is 8.86. The molecule has 2 heterocycles. The van der Waals surface area contributed by atoms with E-state index in [1.54, 1.807) is 21.3 Å². The zero-order chi connectivity index (χ0) is 24.2. The first kappa shape index (κ1) is 22.9. The van der Waals surface area contributed by atoms with E-state index in [1.807, 2.05) is 35.7 Å². The molecule has 3 aromatic carbocycles. The molecule has 0 aromatic heterocycles. The lowest BCUT2D eigenvalue weighted by molar-refractivity contribution is -0.141. The Labute approximate surface area is 213 Å². The molecule has 35 heavy (non-hydrogen) atoms. The SMILES string of the molecule is COc1cc([C@@H]2c3c(ccc4ccccc34)C3(SCCCS3)[C@@H]3COC(=O)[C@@H]23)cc(OC)c1OC. The van der Waals surface area contributed by atoms with Gasteiger partial charge in [-0.15, -0.1) is 23.5 Å². The molecule has 0 bridgehead atoms. The molecular weight excluding hydrogens is 480 g/mol. The van der Waals surface area contributed by atoms with Gasteiger partial charge in [0, 0.05) is 11.8 Å². The molecular formula is C28H28O5S2. The van der Waals surface area contributed by atoms with Crippen molar-refractivity contribution in [2.45, 2.75) is 16.4 Å². The predicted octanol–water partition coefficient (Wildman–Crippen LogP) is 5.82. The number of benzene rings is 3. The molecule has 2 saturated heterocycles. The summed E-state index contributed by atoms with van der Waals surface area (Å²) in [6, 6.07) is 17.0. The first-order valence-electron chi connectivity index (χ1n) is 11.9. The van der Waals surface area contributed by atoms with Gasteiger partial charge in [0.2, 0.25) is 5.75 Å². The molecule has 0 saturated carbocycles. The number of methoxy groups -OCH3 is 3. The largest absolute Gasteiger partial charge is 0.493 e. The average molecular weight is 509 g/mol. The van der Waals surface area contributed by atoms with Crippen LogP contribution in [0.15, 0.2) is 48.5 Å². The van der Waals surface area contributed by atoms with Gasteiger partial charge in [-0.25, -0.2) is 0 Å². The Kier molecular flexibility index (Phi) is 5.80. The molecule has 7 heteroatoms. The van der Waals surface area contributed by atoms with E-state index in [-0.39, 0.29) is 27.8 Å². The zero-order valence-electron chi connectivity index (χ0n) is 20.0. The summed E-state index contributed by atoms with van der Waals surface area (Å²) in [6.45, 7) is 0.455. The van der Waals surface area contributed by atoms with Gasteiger partial charge in [0.05, 0.1) is 37.9 Å². The molecule has 0 amide bonds. The fourth-order valence-corrected chi connectivity index (χ4v) is 9.86. The summed E-state index contributed by atoms with van der Waals surface area (Å²) in [5.74, 6) is 3.42. The van der Waals surface area contributed by atoms with Gasteiger partial charge in [-0.2, -0.15) is 0 Å². The van der Waals surface area contributed by atoms with Crippen LogP contribution in [-0.2, 0) is 13.6 Å². The van der Waals surface area contributed by atoms with E-state index in [2.05, 4.69) is 36.4 Å². The third-order valence-electron chi connectivity index (χ3n) is 7.58. The number of ether oxygens (including phenoxy) is 4. The molecule has 1 spiro atoms. The fourth-order valence-electron chi connectivity index (χ4n) is 6.14. The smallest absolute Gasteiger partial charge is 0.310 e. The molecule has 5 nitrogen and oxygen atoms in total. The molecule has 6 rings (SSSR count). The number of rotatable bonds is 4. The third kappa shape index (κ3) is 3.34. The van der Waals surface area contributed by atoms with Gasteiger partial charge in [-0.1, -0.05) is 36.4 Å². The van der Waals surface area contributed by atoms with Crippen LogP contribution in [0.3, 0.4) is 0 Å². The van der Waals surface area contributed by atoms with Crippen molar-refractivity contribution in [1.29, 1.82) is 0 Å². The number of carbonyl (C=O) groups is 1. The Morgan fingerprint density at radius 3 is 2.34 bits per heavy atom. The normalized spacial score (nSPS) is 24.5. The molecule has 0 unspecified atom stereocenters. The molecule has 2 fully saturated rings.